The van der Waals surface area contributed by atoms with Crippen LogP contribution in [0.3, 0.4) is 0 Å². The summed E-state index contributed by atoms with van der Waals surface area (Å²) >= 11 is 0. The molecule has 4 rings (SSSR count). The van der Waals surface area contributed by atoms with E-state index in [4.69, 9.17) is 0 Å². The van der Waals surface area contributed by atoms with Crippen molar-refractivity contribution in [2.75, 3.05) is 13.1 Å². The van der Waals surface area contributed by atoms with E-state index >= 15 is 0 Å². The summed E-state index contributed by atoms with van der Waals surface area (Å²) in [6.45, 7) is 4.62. The summed E-state index contributed by atoms with van der Waals surface area (Å²) in [5.74, 6) is -0.486. The first kappa shape index (κ1) is 14.7. The number of urea groups is 1. The van der Waals surface area contributed by atoms with Crippen molar-refractivity contribution in [3.05, 3.63) is 35.0 Å². The van der Waals surface area contributed by atoms with E-state index < -0.39 is 11.6 Å². The van der Waals surface area contributed by atoms with Crippen LogP contribution >= 0.6 is 0 Å². The molecule has 1 unspecified atom stereocenters. The zero-order chi connectivity index (χ0) is 17.1. The highest BCUT2D eigenvalue weighted by atomic mass is 16.2. The van der Waals surface area contributed by atoms with Gasteiger partial charge in [-0.2, -0.15) is 0 Å². The predicted octanol–water partition coefficient (Wildman–Crippen LogP) is 1.21. The van der Waals surface area contributed by atoms with Gasteiger partial charge < -0.3 is 15.2 Å². The molecular formula is C17H18N4O3. The zero-order valence-electron chi connectivity index (χ0n) is 13.5. The Hall–Kier alpha value is -2.83. The third-order valence-corrected chi connectivity index (χ3v) is 5.14. The number of amides is 4. The number of carbonyl (C=O) groups excluding carboxylic acids is 3. The largest absolute Gasteiger partial charge is 0.358 e. The van der Waals surface area contributed by atoms with Crippen molar-refractivity contribution in [1.82, 2.24) is 20.5 Å². The Labute approximate surface area is 138 Å². The molecule has 0 aliphatic carbocycles. The fourth-order valence-corrected chi connectivity index (χ4v) is 3.63. The van der Waals surface area contributed by atoms with Gasteiger partial charge in [-0.05, 0) is 31.9 Å². The number of aromatic nitrogens is 1. The van der Waals surface area contributed by atoms with E-state index in [1.807, 2.05) is 26.0 Å². The Morgan fingerprint density at radius 1 is 1.25 bits per heavy atom. The maximum absolute atomic E-state index is 13.0. The van der Waals surface area contributed by atoms with E-state index in [9.17, 15) is 14.4 Å². The molecule has 0 saturated carbocycles. The number of hydrogen-bond acceptors (Lipinski definition) is 3. The number of aromatic amines is 1. The quantitative estimate of drug-likeness (QED) is 0.688. The maximum atomic E-state index is 13.0. The number of aryl methyl sites for hydroxylation is 2. The van der Waals surface area contributed by atoms with Crippen LogP contribution in [0.5, 0.6) is 0 Å². The van der Waals surface area contributed by atoms with Gasteiger partial charge in [0, 0.05) is 17.6 Å². The topological polar surface area (TPSA) is 94.3 Å². The van der Waals surface area contributed by atoms with Crippen LogP contribution in [0.25, 0.3) is 10.9 Å². The molecule has 7 nitrogen and oxygen atoms in total. The van der Waals surface area contributed by atoms with Crippen LogP contribution in [0, 0.1) is 13.8 Å². The van der Waals surface area contributed by atoms with Crippen LogP contribution in [0.2, 0.25) is 0 Å². The molecule has 1 aromatic carbocycles. The van der Waals surface area contributed by atoms with Crippen molar-refractivity contribution in [3.8, 4) is 0 Å². The minimum Gasteiger partial charge on any atom is -0.358 e. The van der Waals surface area contributed by atoms with Crippen molar-refractivity contribution >= 4 is 28.7 Å². The van der Waals surface area contributed by atoms with Crippen LogP contribution in [-0.2, 0) is 4.79 Å². The number of hydrogen-bond donors (Lipinski definition) is 3. The van der Waals surface area contributed by atoms with Gasteiger partial charge in [0.25, 0.3) is 11.8 Å². The van der Waals surface area contributed by atoms with Gasteiger partial charge in [-0.3, -0.25) is 14.9 Å². The number of para-hydroxylation sites is 1. The number of benzene rings is 1. The number of H-pyrrole nitrogens is 1. The van der Waals surface area contributed by atoms with Crippen LogP contribution in [0.4, 0.5) is 4.79 Å². The first-order valence-corrected chi connectivity index (χ1v) is 7.92. The minimum absolute atomic E-state index is 0.132. The second kappa shape index (κ2) is 4.83. The molecule has 4 amide bonds. The number of nitrogens with one attached hydrogen (secondary N) is 3. The second-order valence-electron chi connectivity index (χ2n) is 6.57. The molecule has 2 fully saturated rings. The third-order valence-electron chi connectivity index (χ3n) is 5.14. The lowest BCUT2D eigenvalue weighted by atomic mass is 9.99. The zero-order valence-corrected chi connectivity index (χ0v) is 13.5. The first-order chi connectivity index (χ1) is 11.4. The van der Waals surface area contributed by atoms with Gasteiger partial charge in [0.05, 0.1) is 17.6 Å². The van der Waals surface area contributed by atoms with Gasteiger partial charge in [-0.15, -0.1) is 0 Å². The maximum Gasteiger partial charge on any atom is 0.322 e. The number of imide groups is 1. The van der Waals surface area contributed by atoms with Crippen molar-refractivity contribution in [2.45, 2.75) is 25.8 Å². The molecule has 7 heteroatoms. The lowest BCUT2D eigenvalue weighted by Gasteiger charge is -2.21. The predicted molar refractivity (Wildman–Crippen MR) is 87.7 cm³/mol. The van der Waals surface area contributed by atoms with Crippen LogP contribution in [0.15, 0.2) is 18.2 Å². The Balaban J connectivity index is 1.67. The van der Waals surface area contributed by atoms with E-state index in [2.05, 4.69) is 15.6 Å². The smallest absolute Gasteiger partial charge is 0.322 e. The van der Waals surface area contributed by atoms with Gasteiger partial charge in [0.2, 0.25) is 0 Å². The van der Waals surface area contributed by atoms with Crippen LogP contribution < -0.4 is 10.6 Å². The van der Waals surface area contributed by atoms with Gasteiger partial charge >= 0.3 is 6.03 Å². The Morgan fingerprint density at radius 2 is 2.04 bits per heavy atom. The Morgan fingerprint density at radius 3 is 2.75 bits per heavy atom. The first-order valence-electron chi connectivity index (χ1n) is 7.92. The third kappa shape index (κ3) is 1.94. The highest BCUT2D eigenvalue weighted by Crippen LogP contribution is 2.29. The summed E-state index contributed by atoms with van der Waals surface area (Å²) in [5.41, 5.74) is 2.58. The average Bonchev–Trinajstić information content (AvgIpc) is 3.18. The molecule has 124 valence electrons. The van der Waals surface area contributed by atoms with Gasteiger partial charge in [0.1, 0.15) is 5.54 Å². The molecule has 3 N–H and O–H groups in total. The van der Waals surface area contributed by atoms with Gasteiger partial charge in [-0.1, -0.05) is 12.1 Å². The molecule has 2 aliphatic rings. The highest BCUT2D eigenvalue weighted by Gasteiger charge is 2.51. The summed E-state index contributed by atoms with van der Waals surface area (Å²) < 4.78 is 0. The minimum atomic E-state index is -0.984. The molecule has 1 atom stereocenters. The van der Waals surface area contributed by atoms with Crippen molar-refractivity contribution in [3.63, 3.8) is 0 Å². The molecule has 2 aliphatic heterocycles. The van der Waals surface area contributed by atoms with Crippen LogP contribution in [-0.4, -0.2) is 46.4 Å². The molecule has 0 bridgehead atoms. The van der Waals surface area contributed by atoms with E-state index in [-0.39, 0.29) is 18.4 Å². The SMILES string of the molecule is Cc1[nH]c2c(C(=O)N3CCC4(C3)NC(=O)NC4=O)cccc2c1C. The molecule has 2 saturated heterocycles. The molecule has 24 heavy (non-hydrogen) atoms. The second-order valence-corrected chi connectivity index (χ2v) is 6.57. The number of carbonyl (C=O) groups is 3. The highest BCUT2D eigenvalue weighted by molar-refractivity contribution is 6.10. The fraction of sp³-hybridized carbons (Fsp3) is 0.353. The Bertz CT molecular complexity index is 901. The molecule has 1 spiro atoms. The number of fused-ring (bicyclic) bond motifs is 1. The monoisotopic (exact) mass is 326 g/mol. The lowest BCUT2D eigenvalue weighted by molar-refractivity contribution is -0.123. The van der Waals surface area contributed by atoms with Crippen molar-refractivity contribution in [2.24, 2.45) is 0 Å². The summed E-state index contributed by atoms with van der Waals surface area (Å²) in [4.78, 5) is 41.3. The van der Waals surface area contributed by atoms with E-state index in [1.54, 1.807) is 11.0 Å². The van der Waals surface area contributed by atoms with E-state index in [1.165, 1.54) is 0 Å². The normalized spacial score (nSPS) is 23.2. The number of nitrogens with zero attached hydrogens (tertiary/aromatic N) is 1. The summed E-state index contributed by atoms with van der Waals surface area (Å²) in [7, 11) is 0. The van der Waals surface area contributed by atoms with E-state index in [0.29, 0.717) is 18.5 Å². The molecule has 1 aromatic heterocycles. The molecular weight excluding hydrogens is 308 g/mol. The number of likely N-dealkylation sites (tertiary alicyclic amines) is 1. The van der Waals surface area contributed by atoms with Gasteiger partial charge in [0.15, 0.2) is 0 Å². The summed E-state index contributed by atoms with van der Waals surface area (Å²) in [5, 5.41) is 5.95. The lowest BCUT2D eigenvalue weighted by Crippen LogP contribution is -2.49. The molecule has 0 radical (unpaired) electrons. The fourth-order valence-electron chi connectivity index (χ4n) is 3.63. The van der Waals surface area contributed by atoms with E-state index in [0.717, 1.165) is 22.2 Å². The Kier molecular flexibility index (Phi) is 2.97. The standard InChI is InChI=1S/C17H18N4O3/c1-9-10(2)18-13-11(9)4-3-5-12(13)14(22)21-7-6-17(8-21)15(23)19-16(24)20-17/h3-5,18H,6-8H2,1-2H3,(H2,19,20,23,24). The van der Waals surface area contributed by atoms with Crippen LogP contribution in [0.1, 0.15) is 28.0 Å². The summed E-state index contributed by atoms with van der Waals surface area (Å²) in [6, 6.07) is 5.15. The summed E-state index contributed by atoms with van der Waals surface area (Å²) in [6.07, 6.45) is 0.426. The van der Waals surface area contributed by atoms with Gasteiger partial charge in [-0.25, -0.2) is 4.79 Å². The van der Waals surface area contributed by atoms with Crippen molar-refractivity contribution < 1.29 is 14.4 Å². The number of rotatable bonds is 1. The van der Waals surface area contributed by atoms with Crippen molar-refractivity contribution in [1.29, 1.82) is 0 Å². The molecule has 3 heterocycles. The molecule has 2 aromatic rings. The average molecular weight is 326 g/mol.